The van der Waals surface area contributed by atoms with Gasteiger partial charge in [0.1, 0.15) is 30.5 Å². The van der Waals surface area contributed by atoms with Gasteiger partial charge in [-0.15, -0.1) is 0 Å². The van der Waals surface area contributed by atoms with Crippen molar-refractivity contribution in [1.82, 2.24) is 0 Å². The van der Waals surface area contributed by atoms with Crippen molar-refractivity contribution in [2.45, 2.75) is 205 Å². The van der Waals surface area contributed by atoms with Crippen LogP contribution in [-0.4, -0.2) is 97.5 Å². The first-order valence-electron chi connectivity index (χ1n) is 26.3. The maximum Gasteiger partial charge on any atom is 0.397 e. The van der Waals surface area contributed by atoms with Crippen molar-refractivity contribution in [2.75, 3.05) is 26.4 Å². The SMILES string of the molecule is CC/C=C\C/C=C\C/C=C\C/C=C\C/C=C\C/C=C\CCCCCCCOCC(COC1OC(CO)C(O)C(OS(=O)(=O)O)C1O)OC(=O)CCCCCCCC/C=C\C/C=C\C/C=C\C/C=C\CC. The fourth-order valence-electron chi connectivity index (χ4n) is 7.20. The van der Waals surface area contributed by atoms with Crippen molar-refractivity contribution in [1.29, 1.82) is 0 Å². The van der Waals surface area contributed by atoms with E-state index in [4.69, 9.17) is 18.9 Å². The summed E-state index contributed by atoms with van der Waals surface area (Å²) in [7, 11) is -5.08. The Labute approximate surface area is 423 Å². The van der Waals surface area contributed by atoms with Crippen molar-refractivity contribution < 1.29 is 56.2 Å². The molecule has 1 heterocycles. The van der Waals surface area contributed by atoms with E-state index in [0.717, 1.165) is 141 Å². The molecule has 0 bridgehead atoms. The number of carbonyl (C=O) groups is 1. The molecule has 0 aromatic carbocycles. The third-order valence-electron chi connectivity index (χ3n) is 11.1. The number of ether oxygens (including phenoxy) is 4. The van der Waals surface area contributed by atoms with Crippen LogP contribution in [0.25, 0.3) is 0 Å². The van der Waals surface area contributed by atoms with Crippen molar-refractivity contribution >= 4 is 16.4 Å². The molecule has 6 atom stereocenters. The number of rotatable bonds is 44. The second kappa shape index (κ2) is 46.6. The number of hydrogen-bond donors (Lipinski definition) is 4. The summed E-state index contributed by atoms with van der Waals surface area (Å²) in [5.74, 6) is -0.426. The third-order valence-corrected chi connectivity index (χ3v) is 11.5. The van der Waals surface area contributed by atoms with Gasteiger partial charge in [-0.3, -0.25) is 9.35 Å². The molecule has 12 nitrogen and oxygen atoms in total. The van der Waals surface area contributed by atoms with Crippen LogP contribution >= 0.6 is 0 Å². The van der Waals surface area contributed by atoms with Crippen LogP contribution in [0.1, 0.15) is 168 Å². The van der Waals surface area contributed by atoms with Crippen LogP contribution in [0.2, 0.25) is 0 Å². The minimum absolute atomic E-state index is 0.00746. The van der Waals surface area contributed by atoms with Gasteiger partial charge in [-0.25, -0.2) is 4.18 Å². The minimum Gasteiger partial charge on any atom is -0.457 e. The third kappa shape index (κ3) is 39.2. The number of unbranched alkanes of at least 4 members (excludes halogenated alkanes) is 11. The standard InChI is InChI=1S/C57H92O12S/c1-3-5-7-9-11-13-15-17-19-21-23-24-25-26-27-29-31-33-35-37-39-41-43-45-47-65-49-51(50-66-57-55(61)56(69-70(62,63)64)54(60)52(48-58)68-57)67-53(59)46-44-42-40-38-36-34-32-30-28-22-20-18-16-14-12-10-8-6-4-2/h5-8,11-14,17-20,23-24,26-28,30-31,33,51-52,54-58,60-61H,3-4,9-10,15-16,21-22,25,29,32,34-50H2,1-2H3,(H,62,63,64)/b7-5-,8-6-,13-11-,14-12-,19-17-,20-18-,24-23-,27-26-,30-28-,33-31-. The minimum atomic E-state index is -5.08. The average Bonchev–Trinajstić information content (AvgIpc) is 3.34. The lowest BCUT2D eigenvalue weighted by Crippen LogP contribution is -2.60. The van der Waals surface area contributed by atoms with Crippen LogP contribution < -0.4 is 0 Å². The molecule has 1 saturated heterocycles. The van der Waals surface area contributed by atoms with Gasteiger partial charge in [-0.05, 0) is 103 Å². The van der Waals surface area contributed by atoms with E-state index in [0.29, 0.717) is 13.0 Å². The zero-order valence-electron chi connectivity index (χ0n) is 42.8. The highest BCUT2D eigenvalue weighted by atomic mass is 32.3. The van der Waals surface area contributed by atoms with Crippen LogP contribution in [0, 0.1) is 0 Å². The number of esters is 1. The molecule has 0 saturated carbocycles. The fourth-order valence-corrected chi connectivity index (χ4v) is 7.70. The molecule has 13 heteroatoms. The number of carbonyl (C=O) groups excluding carboxylic acids is 1. The molecule has 398 valence electrons. The summed E-state index contributed by atoms with van der Waals surface area (Å²) in [6, 6.07) is 0. The van der Waals surface area contributed by atoms with Gasteiger partial charge in [0.15, 0.2) is 6.29 Å². The van der Waals surface area contributed by atoms with E-state index in [9.17, 15) is 33.1 Å². The van der Waals surface area contributed by atoms with Crippen LogP contribution in [0.5, 0.6) is 0 Å². The van der Waals surface area contributed by atoms with E-state index in [2.05, 4.69) is 140 Å². The Hall–Kier alpha value is -3.50. The lowest BCUT2D eigenvalue weighted by Gasteiger charge is -2.41. The molecule has 1 aliphatic rings. The number of aliphatic hydroxyl groups excluding tert-OH is 3. The van der Waals surface area contributed by atoms with E-state index in [1.54, 1.807) is 0 Å². The molecule has 1 fully saturated rings. The predicted molar refractivity (Wildman–Crippen MR) is 284 cm³/mol. The molecule has 0 radical (unpaired) electrons. The molecule has 0 aliphatic carbocycles. The molecule has 1 aliphatic heterocycles. The quantitative estimate of drug-likeness (QED) is 0.0197. The first kappa shape index (κ1) is 64.5. The first-order chi connectivity index (χ1) is 34.1. The summed E-state index contributed by atoms with van der Waals surface area (Å²) in [6.07, 6.45) is 57.9. The Morgan fingerprint density at radius 1 is 0.543 bits per heavy atom. The zero-order valence-corrected chi connectivity index (χ0v) is 43.6. The maximum absolute atomic E-state index is 12.9. The Kier molecular flexibility index (Phi) is 42.9. The second-order valence-corrected chi connectivity index (χ2v) is 18.4. The molecule has 1 rings (SSSR count). The molecule has 70 heavy (non-hydrogen) atoms. The highest BCUT2D eigenvalue weighted by molar-refractivity contribution is 7.80. The van der Waals surface area contributed by atoms with Gasteiger partial charge >= 0.3 is 16.4 Å². The van der Waals surface area contributed by atoms with E-state index in [1.165, 1.54) is 0 Å². The normalized spacial score (nSPS) is 20.1. The smallest absolute Gasteiger partial charge is 0.397 e. The first-order valence-corrected chi connectivity index (χ1v) is 27.7. The van der Waals surface area contributed by atoms with Crippen molar-refractivity contribution in [2.24, 2.45) is 0 Å². The van der Waals surface area contributed by atoms with Crippen LogP contribution in [0.4, 0.5) is 0 Å². The van der Waals surface area contributed by atoms with Gasteiger partial charge in [0.25, 0.3) is 0 Å². The number of aliphatic hydroxyl groups is 3. The molecular formula is C57H92O12S. The van der Waals surface area contributed by atoms with E-state index in [1.807, 2.05) is 0 Å². The summed E-state index contributed by atoms with van der Waals surface area (Å²) in [4.78, 5) is 12.9. The molecule has 4 N–H and O–H groups in total. The topological polar surface area (TPSA) is 178 Å². The molecule has 0 aromatic rings. The zero-order chi connectivity index (χ0) is 51.0. The van der Waals surface area contributed by atoms with Crippen LogP contribution in [-0.2, 0) is 38.3 Å². The van der Waals surface area contributed by atoms with Crippen molar-refractivity contribution in [3.05, 3.63) is 122 Å². The molecule has 0 aromatic heterocycles. The van der Waals surface area contributed by atoms with E-state index < -0.39 is 59.8 Å². The van der Waals surface area contributed by atoms with Gasteiger partial charge < -0.3 is 34.3 Å². The summed E-state index contributed by atoms with van der Waals surface area (Å²) in [5, 5.41) is 30.8. The Balaban J connectivity index is 2.39. The summed E-state index contributed by atoms with van der Waals surface area (Å²) < 4.78 is 59.3. The maximum atomic E-state index is 12.9. The molecule has 0 amide bonds. The lowest BCUT2D eigenvalue weighted by molar-refractivity contribution is -0.301. The Morgan fingerprint density at radius 2 is 0.943 bits per heavy atom. The van der Waals surface area contributed by atoms with E-state index >= 15 is 0 Å². The molecule has 0 spiro atoms. The summed E-state index contributed by atoms with van der Waals surface area (Å²) >= 11 is 0. The second-order valence-electron chi connectivity index (χ2n) is 17.3. The largest absolute Gasteiger partial charge is 0.457 e. The summed E-state index contributed by atoms with van der Waals surface area (Å²) in [5.41, 5.74) is 0. The van der Waals surface area contributed by atoms with Gasteiger partial charge in [-0.1, -0.05) is 180 Å². The average molecular weight is 1000 g/mol. The molecular weight excluding hydrogens is 909 g/mol. The number of hydrogen-bond acceptors (Lipinski definition) is 11. The van der Waals surface area contributed by atoms with Crippen molar-refractivity contribution in [3.63, 3.8) is 0 Å². The molecule has 6 unspecified atom stereocenters. The van der Waals surface area contributed by atoms with Crippen molar-refractivity contribution in [3.8, 4) is 0 Å². The lowest BCUT2D eigenvalue weighted by atomic mass is 9.99. The highest BCUT2D eigenvalue weighted by Gasteiger charge is 2.48. The summed E-state index contributed by atoms with van der Waals surface area (Å²) in [6.45, 7) is 3.68. The van der Waals surface area contributed by atoms with Gasteiger partial charge in [0.2, 0.25) is 0 Å². The predicted octanol–water partition coefficient (Wildman–Crippen LogP) is 12.5. The Morgan fingerprint density at radius 3 is 1.37 bits per heavy atom. The van der Waals surface area contributed by atoms with Gasteiger partial charge in [-0.2, -0.15) is 8.42 Å². The monoisotopic (exact) mass is 1000 g/mol. The Bertz CT molecular complexity index is 1670. The number of allylic oxidation sites excluding steroid dienone is 20. The highest BCUT2D eigenvalue weighted by Crippen LogP contribution is 2.26. The van der Waals surface area contributed by atoms with Crippen LogP contribution in [0.3, 0.4) is 0 Å². The van der Waals surface area contributed by atoms with E-state index in [-0.39, 0.29) is 19.6 Å². The van der Waals surface area contributed by atoms with Gasteiger partial charge in [0.05, 0.1) is 19.8 Å². The fraction of sp³-hybridized carbons (Fsp3) is 0.632. The van der Waals surface area contributed by atoms with Crippen LogP contribution in [0.15, 0.2) is 122 Å². The van der Waals surface area contributed by atoms with Gasteiger partial charge in [0, 0.05) is 13.0 Å².